The van der Waals surface area contributed by atoms with Gasteiger partial charge < -0.3 is 10.6 Å². The number of fused-ring (bicyclic) bond motifs is 2. The molecule has 0 spiro atoms. The Balaban J connectivity index is 1.25. The molecule has 1 atom stereocenters. The quantitative estimate of drug-likeness (QED) is 0.208. The van der Waals surface area contributed by atoms with Gasteiger partial charge in [0.25, 0.3) is 0 Å². The van der Waals surface area contributed by atoms with Crippen LogP contribution in [0.4, 0.5) is 11.4 Å². The zero-order valence-electron chi connectivity index (χ0n) is 21.8. The van der Waals surface area contributed by atoms with Crippen molar-refractivity contribution in [3.05, 3.63) is 95.1 Å². The van der Waals surface area contributed by atoms with Crippen molar-refractivity contribution in [2.45, 2.75) is 43.7 Å². The van der Waals surface area contributed by atoms with Gasteiger partial charge in [-0.1, -0.05) is 71.9 Å². The van der Waals surface area contributed by atoms with Crippen LogP contribution in [0.1, 0.15) is 29.2 Å². The van der Waals surface area contributed by atoms with Crippen LogP contribution in [0.2, 0.25) is 0 Å². The van der Waals surface area contributed by atoms with Crippen LogP contribution in [0.15, 0.2) is 77.1 Å². The van der Waals surface area contributed by atoms with Gasteiger partial charge in [0.15, 0.2) is 4.34 Å². The van der Waals surface area contributed by atoms with Gasteiger partial charge in [0, 0.05) is 11.4 Å². The first-order valence-corrected chi connectivity index (χ1v) is 14.2. The molecule has 5 aromatic rings. The molecule has 0 fully saturated rings. The number of hydrogen-bond donors (Lipinski definition) is 2. The predicted octanol–water partition coefficient (Wildman–Crippen LogP) is 7.68. The van der Waals surface area contributed by atoms with E-state index >= 15 is 0 Å². The first-order chi connectivity index (χ1) is 18.3. The fourth-order valence-corrected chi connectivity index (χ4v) is 6.91. The van der Waals surface area contributed by atoms with Crippen LogP contribution in [0.3, 0.4) is 0 Å². The van der Waals surface area contributed by atoms with E-state index in [2.05, 4.69) is 41.8 Å². The minimum atomic E-state index is -0.310. The lowest BCUT2D eigenvalue weighted by molar-refractivity contribution is -0.116. The van der Waals surface area contributed by atoms with Crippen molar-refractivity contribution >= 4 is 67.3 Å². The van der Waals surface area contributed by atoms with Gasteiger partial charge in [-0.25, -0.2) is 4.98 Å². The zero-order valence-corrected chi connectivity index (χ0v) is 23.4. The largest absolute Gasteiger partial charge is 0.326 e. The minimum Gasteiger partial charge on any atom is -0.326 e. The molecule has 0 saturated heterocycles. The van der Waals surface area contributed by atoms with Crippen LogP contribution in [-0.2, 0) is 16.0 Å². The maximum atomic E-state index is 12.9. The van der Waals surface area contributed by atoms with E-state index in [0.717, 1.165) is 53.4 Å². The van der Waals surface area contributed by atoms with Crippen LogP contribution in [-0.4, -0.2) is 22.0 Å². The topological polar surface area (TPSA) is 71.1 Å². The van der Waals surface area contributed by atoms with Gasteiger partial charge in [-0.15, -0.1) is 11.3 Å². The summed E-state index contributed by atoms with van der Waals surface area (Å²) in [5.41, 5.74) is 6.76. The number of anilines is 2. The number of rotatable bonds is 7. The molecule has 5 nitrogen and oxygen atoms in total. The highest BCUT2D eigenvalue weighted by molar-refractivity contribution is 8.02. The lowest BCUT2D eigenvalue weighted by Gasteiger charge is -2.15. The van der Waals surface area contributed by atoms with Crippen LogP contribution in [0.25, 0.3) is 21.0 Å². The summed E-state index contributed by atoms with van der Waals surface area (Å²) in [5, 5.41) is 8.03. The molecule has 0 radical (unpaired) electrons. The van der Waals surface area contributed by atoms with Crippen molar-refractivity contribution in [3.8, 4) is 0 Å². The molecule has 0 aliphatic carbocycles. The number of benzene rings is 4. The molecule has 38 heavy (non-hydrogen) atoms. The van der Waals surface area contributed by atoms with Gasteiger partial charge in [-0.2, -0.15) is 0 Å². The summed E-state index contributed by atoms with van der Waals surface area (Å²) < 4.78 is 1.78. The van der Waals surface area contributed by atoms with E-state index in [1.54, 1.807) is 0 Å². The van der Waals surface area contributed by atoms with Crippen LogP contribution in [0, 0.1) is 20.8 Å². The number of nitrogens with one attached hydrogen (secondary N) is 2. The molecule has 0 bridgehead atoms. The van der Waals surface area contributed by atoms with Crippen molar-refractivity contribution < 1.29 is 9.59 Å². The van der Waals surface area contributed by atoms with E-state index in [0.29, 0.717) is 6.42 Å². The Bertz CT molecular complexity index is 1650. The molecule has 0 unspecified atom stereocenters. The Hall–Kier alpha value is -3.68. The molecule has 192 valence electrons. The van der Waals surface area contributed by atoms with Gasteiger partial charge in [0.2, 0.25) is 11.8 Å². The summed E-state index contributed by atoms with van der Waals surface area (Å²) in [6.07, 6.45) is 0.301. The van der Waals surface area contributed by atoms with Crippen molar-refractivity contribution in [2.75, 3.05) is 10.6 Å². The SMILES string of the molecule is Cc1cc(C)c(NC(=O)[C@@H](C)Sc2nc3ccc(NC(=O)Cc4cccc5ccccc45)cc3s2)c(C)c1. The minimum absolute atomic E-state index is 0.0503. The Morgan fingerprint density at radius 3 is 2.45 bits per heavy atom. The Kier molecular flexibility index (Phi) is 7.49. The van der Waals surface area contributed by atoms with Crippen molar-refractivity contribution in [1.82, 2.24) is 4.98 Å². The van der Waals surface area contributed by atoms with Crippen LogP contribution in [0.5, 0.6) is 0 Å². The Morgan fingerprint density at radius 2 is 1.66 bits per heavy atom. The number of carbonyl (C=O) groups excluding carboxylic acids is 2. The van der Waals surface area contributed by atoms with Gasteiger partial charge in [0.05, 0.1) is 21.9 Å². The van der Waals surface area contributed by atoms with E-state index in [9.17, 15) is 9.59 Å². The molecule has 5 rings (SSSR count). The molecule has 2 N–H and O–H groups in total. The van der Waals surface area contributed by atoms with Crippen molar-refractivity contribution in [2.24, 2.45) is 0 Å². The monoisotopic (exact) mass is 539 g/mol. The maximum Gasteiger partial charge on any atom is 0.237 e. The summed E-state index contributed by atoms with van der Waals surface area (Å²) in [6.45, 7) is 7.97. The maximum absolute atomic E-state index is 12.9. The molecule has 0 saturated carbocycles. The molecular formula is C31H29N3O2S2. The standard InChI is InChI=1S/C31H29N3O2S2/c1-18-14-19(2)29(20(3)15-18)34-30(36)21(4)37-31-33-26-13-12-24(17-27(26)38-31)32-28(35)16-23-10-7-9-22-8-5-6-11-25(22)23/h5-15,17,21H,16H2,1-4H3,(H,32,35)(H,34,36)/t21-/m1/s1. The molecule has 0 aliphatic heterocycles. The van der Waals surface area contributed by atoms with Crippen LogP contribution >= 0.6 is 23.1 Å². The van der Waals surface area contributed by atoms with E-state index in [1.165, 1.54) is 28.7 Å². The summed E-state index contributed by atoms with van der Waals surface area (Å²) in [5.74, 6) is -0.113. The lowest BCUT2D eigenvalue weighted by atomic mass is 10.0. The summed E-state index contributed by atoms with van der Waals surface area (Å²) >= 11 is 2.97. The summed E-state index contributed by atoms with van der Waals surface area (Å²) in [7, 11) is 0. The average Bonchev–Trinajstić information content (AvgIpc) is 3.27. The Morgan fingerprint density at radius 1 is 0.921 bits per heavy atom. The fourth-order valence-electron chi connectivity index (χ4n) is 4.66. The number of aryl methyl sites for hydroxylation is 3. The molecule has 1 aromatic heterocycles. The second-order valence-corrected chi connectivity index (χ2v) is 12.2. The van der Waals surface area contributed by atoms with E-state index < -0.39 is 0 Å². The highest BCUT2D eigenvalue weighted by Crippen LogP contribution is 2.34. The highest BCUT2D eigenvalue weighted by atomic mass is 32.2. The molecular weight excluding hydrogens is 510 g/mol. The van der Waals surface area contributed by atoms with E-state index in [4.69, 9.17) is 4.98 Å². The third-order valence-corrected chi connectivity index (χ3v) is 8.67. The van der Waals surface area contributed by atoms with E-state index in [1.807, 2.05) is 69.3 Å². The Labute approximate surface area is 230 Å². The fraction of sp³-hybridized carbons (Fsp3) is 0.194. The lowest BCUT2D eigenvalue weighted by Crippen LogP contribution is -2.23. The third kappa shape index (κ3) is 5.74. The molecule has 1 heterocycles. The molecule has 2 amide bonds. The molecule has 0 aliphatic rings. The first-order valence-electron chi connectivity index (χ1n) is 12.5. The molecule has 4 aromatic carbocycles. The third-order valence-electron chi connectivity index (χ3n) is 6.46. The highest BCUT2D eigenvalue weighted by Gasteiger charge is 2.19. The van der Waals surface area contributed by atoms with Crippen LogP contribution < -0.4 is 10.6 Å². The van der Waals surface area contributed by atoms with Gasteiger partial charge in [-0.05, 0) is 73.4 Å². The number of nitrogens with zero attached hydrogens (tertiary/aromatic N) is 1. The normalized spacial score (nSPS) is 12.0. The van der Waals surface area contributed by atoms with Gasteiger partial charge in [0.1, 0.15) is 0 Å². The average molecular weight is 540 g/mol. The number of thiazole rings is 1. The van der Waals surface area contributed by atoms with Crippen molar-refractivity contribution in [1.29, 1.82) is 0 Å². The first kappa shape index (κ1) is 25.9. The number of aromatic nitrogens is 1. The second kappa shape index (κ2) is 11.0. The summed E-state index contributed by atoms with van der Waals surface area (Å²) in [6, 6.07) is 24.0. The zero-order chi connectivity index (χ0) is 26.8. The number of amides is 2. The molecule has 7 heteroatoms. The number of hydrogen-bond acceptors (Lipinski definition) is 5. The van der Waals surface area contributed by atoms with Crippen molar-refractivity contribution in [3.63, 3.8) is 0 Å². The van der Waals surface area contributed by atoms with Gasteiger partial charge >= 0.3 is 0 Å². The van der Waals surface area contributed by atoms with Gasteiger partial charge in [-0.3, -0.25) is 9.59 Å². The summed E-state index contributed by atoms with van der Waals surface area (Å²) in [4.78, 5) is 30.5. The number of thioether (sulfide) groups is 1. The van der Waals surface area contributed by atoms with E-state index in [-0.39, 0.29) is 17.1 Å². The predicted molar refractivity (Wildman–Crippen MR) is 161 cm³/mol. The number of carbonyl (C=O) groups is 2. The smallest absolute Gasteiger partial charge is 0.237 e. The second-order valence-electron chi connectivity index (χ2n) is 9.55.